The smallest absolute Gasteiger partial charge is 0.338 e. The average Bonchev–Trinajstić information content (AvgIpc) is 3.14. The van der Waals surface area contributed by atoms with Gasteiger partial charge in [-0.2, -0.15) is 0 Å². The summed E-state index contributed by atoms with van der Waals surface area (Å²) < 4.78 is 15.1. The lowest BCUT2D eigenvalue weighted by Crippen LogP contribution is -2.40. The molecule has 1 aliphatic heterocycles. The van der Waals surface area contributed by atoms with E-state index in [2.05, 4.69) is 36.9 Å². The second-order valence-corrected chi connectivity index (χ2v) is 12.2. The molecule has 10 heteroatoms. The fraction of sp³-hybridized carbons (Fsp3) is 0.296. The third kappa shape index (κ3) is 5.82. The number of halogens is 2. The lowest BCUT2D eigenvalue weighted by atomic mass is 9.96. The Bertz CT molecular complexity index is 1560. The van der Waals surface area contributed by atoms with E-state index < -0.39 is 12.0 Å². The second-order valence-electron chi connectivity index (χ2n) is 8.55. The molecule has 0 amide bonds. The molecule has 2 aromatic carbocycles. The van der Waals surface area contributed by atoms with Gasteiger partial charge in [-0.15, -0.1) is 11.8 Å². The molecule has 0 saturated heterocycles. The number of benzene rings is 2. The Morgan fingerprint density at radius 1 is 1.24 bits per heavy atom. The van der Waals surface area contributed by atoms with Crippen LogP contribution in [-0.2, 0) is 9.53 Å². The number of esters is 1. The molecule has 0 bridgehead atoms. The molecule has 1 aliphatic rings. The molecule has 0 aliphatic carbocycles. The molecular weight excluding hydrogens is 640 g/mol. The predicted molar refractivity (Wildman–Crippen MR) is 156 cm³/mol. The SMILES string of the molecule is CCOc1c(Br)cc(Br)cc1/C=c1\sc2n(c1=O)[C@@H](c1ccc(SC)cc1)C(C(=O)OC(C)C)=C(C)N=2. The van der Waals surface area contributed by atoms with Crippen LogP contribution >= 0.6 is 55.0 Å². The van der Waals surface area contributed by atoms with Crippen LogP contribution in [0.25, 0.3) is 6.08 Å². The highest BCUT2D eigenvalue weighted by molar-refractivity contribution is 9.11. The summed E-state index contributed by atoms with van der Waals surface area (Å²) in [6.45, 7) is 7.79. The van der Waals surface area contributed by atoms with E-state index in [1.807, 2.05) is 55.7 Å². The number of hydrogen-bond acceptors (Lipinski definition) is 7. The van der Waals surface area contributed by atoms with E-state index in [1.165, 1.54) is 11.3 Å². The monoisotopic (exact) mass is 664 g/mol. The van der Waals surface area contributed by atoms with Crippen LogP contribution in [0.1, 0.15) is 44.9 Å². The number of thioether (sulfide) groups is 1. The number of rotatable bonds is 7. The van der Waals surface area contributed by atoms with Crippen molar-refractivity contribution in [1.82, 2.24) is 4.57 Å². The zero-order chi connectivity index (χ0) is 26.9. The van der Waals surface area contributed by atoms with Crippen LogP contribution in [0.5, 0.6) is 5.75 Å². The van der Waals surface area contributed by atoms with Gasteiger partial charge in [0, 0.05) is 14.9 Å². The van der Waals surface area contributed by atoms with Crippen LogP contribution in [0.4, 0.5) is 0 Å². The standard InChI is InChI=1S/C27H26Br2N2O4S2/c1-6-34-24-17(11-18(28)13-20(24)29)12-21-25(32)31-23(16-7-9-19(36-5)10-8-16)22(26(33)35-14(2)3)15(4)30-27(31)37-21/h7-14,23H,6H2,1-5H3/b21-12-/t23-/m0/s1. The highest BCUT2D eigenvalue weighted by Crippen LogP contribution is 2.34. The maximum Gasteiger partial charge on any atom is 0.338 e. The topological polar surface area (TPSA) is 69.9 Å². The van der Waals surface area contributed by atoms with Crippen molar-refractivity contribution in [3.05, 3.63) is 87.4 Å². The fourth-order valence-corrected chi connectivity index (χ4v) is 6.91. The molecule has 1 atom stereocenters. The van der Waals surface area contributed by atoms with Crippen molar-refractivity contribution in [2.45, 2.75) is 44.7 Å². The molecule has 0 N–H and O–H groups in total. The Morgan fingerprint density at radius 2 is 1.95 bits per heavy atom. The van der Waals surface area contributed by atoms with Crippen LogP contribution in [-0.4, -0.2) is 29.5 Å². The zero-order valence-electron chi connectivity index (χ0n) is 21.0. The zero-order valence-corrected chi connectivity index (χ0v) is 25.8. The van der Waals surface area contributed by atoms with E-state index in [9.17, 15) is 9.59 Å². The number of carbonyl (C=O) groups excluding carboxylic acids is 1. The van der Waals surface area contributed by atoms with Crippen molar-refractivity contribution in [2.75, 3.05) is 12.9 Å². The molecule has 3 aromatic rings. The lowest BCUT2D eigenvalue weighted by molar-refractivity contribution is -0.143. The van der Waals surface area contributed by atoms with Gasteiger partial charge in [-0.3, -0.25) is 9.36 Å². The van der Waals surface area contributed by atoms with Crippen molar-refractivity contribution >= 4 is 67.0 Å². The van der Waals surface area contributed by atoms with Crippen LogP contribution in [0, 0.1) is 0 Å². The molecule has 0 fully saturated rings. The Morgan fingerprint density at radius 3 is 2.57 bits per heavy atom. The Kier molecular flexibility index (Phi) is 8.83. The van der Waals surface area contributed by atoms with Gasteiger partial charge in [0.25, 0.3) is 5.56 Å². The molecule has 0 saturated carbocycles. The molecule has 0 unspecified atom stereocenters. The molecule has 194 valence electrons. The minimum Gasteiger partial charge on any atom is -0.492 e. The van der Waals surface area contributed by atoms with E-state index in [-0.39, 0.29) is 11.7 Å². The van der Waals surface area contributed by atoms with E-state index in [0.717, 1.165) is 25.0 Å². The first-order valence-corrected chi connectivity index (χ1v) is 15.3. The summed E-state index contributed by atoms with van der Waals surface area (Å²) in [5.41, 5.74) is 2.24. The number of fused-ring (bicyclic) bond motifs is 1. The molecule has 6 nitrogen and oxygen atoms in total. The van der Waals surface area contributed by atoms with Gasteiger partial charge < -0.3 is 9.47 Å². The minimum absolute atomic E-state index is 0.233. The van der Waals surface area contributed by atoms with E-state index in [4.69, 9.17) is 9.47 Å². The van der Waals surface area contributed by atoms with E-state index in [0.29, 0.717) is 33.0 Å². The summed E-state index contributed by atoms with van der Waals surface area (Å²) in [5, 5.41) is 0. The molecule has 2 heterocycles. The minimum atomic E-state index is -0.652. The summed E-state index contributed by atoms with van der Waals surface area (Å²) in [6, 6.07) is 11.0. The van der Waals surface area contributed by atoms with Gasteiger partial charge in [-0.25, -0.2) is 9.79 Å². The first-order chi connectivity index (χ1) is 17.6. The molecule has 0 radical (unpaired) electrons. The number of carbonyl (C=O) groups is 1. The summed E-state index contributed by atoms with van der Waals surface area (Å²) in [4.78, 5) is 33.4. The summed E-state index contributed by atoms with van der Waals surface area (Å²) >= 11 is 10.00. The van der Waals surface area contributed by atoms with Crippen molar-refractivity contribution < 1.29 is 14.3 Å². The third-order valence-corrected chi connectivity index (χ3v) is 8.40. The van der Waals surface area contributed by atoms with Crippen LogP contribution in [0.3, 0.4) is 0 Å². The Hall–Kier alpha value is -2.14. The van der Waals surface area contributed by atoms with E-state index in [1.54, 1.807) is 37.1 Å². The lowest BCUT2D eigenvalue weighted by Gasteiger charge is -2.25. The summed E-state index contributed by atoms with van der Waals surface area (Å²) in [5.74, 6) is 0.178. The van der Waals surface area contributed by atoms with Crippen molar-refractivity contribution in [3.8, 4) is 5.75 Å². The van der Waals surface area contributed by atoms with Crippen molar-refractivity contribution in [2.24, 2.45) is 4.99 Å². The van der Waals surface area contributed by atoms with Gasteiger partial charge in [-0.1, -0.05) is 39.4 Å². The van der Waals surface area contributed by atoms with Gasteiger partial charge >= 0.3 is 5.97 Å². The van der Waals surface area contributed by atoms with Crippen LogP contribution in [0.2, 0.25) is 0 Å². The summed E-state index contributed by atoms with van der Waals surface area (Å²) in [6.07, 6.45) is 3.51. The van der Waals surface area contributed by atoms with Gasteiger partial charge in [-0.05, 0) is 85.8 Å². The fourth-order valence-electron chi connectivity index (χ4n) is 4.09. The van der Waals surface area contributed by atoms with Gasteiger partial charge in [0.2, 0.25) is 0 Å². The number of thiazole rings is 1. The quantitative estimate of drug-likeness (QED) is 0.235. The van der Waals surface area contributed by atoms with Crippen LogP contribution in [0.15, 0.2) is 71.3 Å². The first kappa shape index (κ1) is 27.9. The maximum atomic E-state index is 13.9. The summed E-state index contributed by atoms with van der Waals surface area (Å²) in [7, 11) is 0. The highest BCUT2D eigenvalue weighted by Gasteiger charge is 2.33. The van der Waals surface area contributed by atoms with E-state index >= 15 is 0 Å². The average molecular weight is 666 g/mol. The van der Waals surface area contributed by atoms with Crippen molar-refractivity contribution in [3.63, 3.8) is 0 Å². The maximum absolute atomic E-state index is 13.9. The third-order valence-electron chi connectivity index (χ3n) is 5.63. The second kappa shape index (κ2) is 11.7. The number of ether oxygens (including phenoxy) is 2. The van der Waals surface area contributed by atoms with Gasteiger partial charge in [0.15, 0.2) is 4.80 Å². The molecule has 4 rings (SSSR count). The van der Waals surface area contributed by atoms with Crippen molar-refractivity contribution in [1.29, 1.82) is 0 Å². The molecule has 37 heavy (non-hydrogen) atoms. The molecular formula is C27H26Br2N2O4S2. The molecule has 0 spiro atoms. The Balaban J connectivity index is 1.96. The largest absolute Gasteiger partial charge is 0.492 e. The highest BCUT2D eigenvalue weighted by atomic mass is 79.9. The predicted octanol–water partition coefficient (Wildman–Crippen LogP) is 5.83. The number of nitrogens with zero attached hydrogens (tertiary/aromatic N) is 2. The molecule has 1 aromatic heterocycles. The van der Waals surface area contributed by atoms with Crippen LogP contribution < -0.4 is 19.6 Å². The number of aromatic nitrogens is 1. The normalized spacial score (nSPS) is 15.6. The first-order valence-electron chi connectivity index (χ1n) is 11.6. The Labute approximate surface area is 240 Å². The number of hydrogen-bond donors (Lipinski definition) is 0. The number of allylic oxidation sites excluding steroid dienone is 1. The van der Waals surface area contributed by atoms with Gasteiger partial charge in [0.1, 0.15) is 5.75 Å². The van der Waals surface area contributed by atoms with Gasteiger partial charge in [0.05, 0.1) is 39.0 Å².